The Labute approximate surface area is 121 Å². The molecule has 18 heavy (non-hydrogen) atoms. The highest BCUT2D eigenvalue weighted by molar-refractivity contribution is 6.42. The second-order valence-electron chi connectivity index (χ2n) is 5.86. The lowest BCUT2D eigenvalue weighted by molar-refractivity contribution is 0.363. The Morgan fingerprint density at radius 3 is 2.33 bits per heavy atom. The van der Waals surface area contributed by atoms with E-state index in [1.54, 1.807) is 0 Å². The summed E-state index contributed by atoms with van der Waals surface area (Å²) in [6.07, 6.45) is 2.19. The maximum Gasteiger partial charge on any atom is 0.0595 e. The zero-order chi connectivity index (χ0) is 13.8. The summed E-state index contributed by atoms with van der Waals surface area (Å²) >= 11 is 12.0. The van der Waals surface area contributed by atoms with E-state index in [9.17, 15) is 0 Å². The van der Waals surface area contributed by atoms with Crippen molar-refractivity contribution in [2.24, 2.45) is 5.92 Å². The molecule has 1 N–H and O–H groups in total. The molecule has 0 aliphatic carbocycles. The van der Waals surface area contributed by atoms with Gasteiger partial charge in [-0.05, 0) is 57.4 Å². The Kier molecular flexibility index (Phi) is 5.97. The van der Waals surface area contributed by atoms with Crippen LogP contribution < -0.4 is 5.32 Å². The molecule has 0 heterocycles. The molecule has 1 rings (SSSR count). The van der Waals surface area contributed by atoms with E-state index in [1.807, 2.05) is 12.1 Å². The minimum absolute atomic E-state index is 0.172. The van der Waals surface area contributed by atoms with E-state index in [0.717, 1.165) is 19.4 Å². The lowest BCUT2D eigenvalue weighted by Crippen LogP contribution is -2.39. The third-order valence-electron chi connectivity index (χ3n) is 3.01. The van der Waals surface area contributed by atoms with Crippen molar-refractivity contribution >= 4 is 23.2 Å². The summed E-state index contributed by atoms with van der Waals surface area (Å²) in [5, 5.41) is 4.83. The largest absolute Gasteiger partial charge is 0.312 e. The Morgan fingerprint density at radius 1 is 1.17 bits per heavy atom. The van der Waals surface area contributed by atoms with Crippen molar-refractivity contribution in [1.82, 2.24) is 5.32 Å². The summed E-state index contributed by atoms with van der Waals surface area (Å²) < 4.78 is 0. The highest BCUT2D eigenvalue weighted by Gasteiger charge is 2.13. The molecule has 102 valence electrons. The first-order valence-electron chi connectivity index (χ1n) is 6.50. The zero-order valence-electron chi connectivity index (χ0n) is 11.7. The maximum atomic E-state index is 6.04. The number of hydrogen-bond acceptors (Lipinski definition) is 1. The lowest BCUT2D eigenvalue weighted by atomic mass is 9.95. The van der Waals surface area contributed by atoms with Gasteiger partial charge >= 0.3 is 0 Å². The first kappa shape index (κ1) is 15.8. The first-order valence-corrected chi connectivity index (χ1v) is 7.26. The Morgan fingerprint density at radius 2 is 1.83 bits per heavy atom. The monoisotopic (exact) mass is 287 g/mol. The molecule has 0 saturated carbocycles. The molecule has 1 aromatic rings. The van der Waals surface area contributed by atoms with Gasteiger partial charge in [0.25, 0.3) is 0 Å². The van der Waals surface area contributed by atoms with Crippen molar-refractivity contribution in [3.05, 3.63) is 33.8 Å². The van der Waals surface area contributed by atoms with Crippen LogP contribution in [0.1, 0.15) is 39.7 Å². The third-order valence-corrected chi connectivity index (χ3v) is 3.75. The second-order valence-corrected chi connectivity index (χ2v) is 6.67. The third kappa shape index (κ3) is 5.60. The predicted octanol–water partition coefficient (Wildman–Crippen LogP) is 4.95. The minimum Gasteiger partial charge on any atom is -0.312 e. The van der Waals surface area contributed by atoms with Gasteiger partial charge in [-0.25, -0.2) is 0 Å². The van der Waals surface area contributed by atoms with Crippen LogP contribution in [0.2, 0.25) is 10.0 Å². The minimum atomic E-state index is 0.172. The standard InChI is InChI=1S/C15H23Cl2N/c1-5-11(10-18-15(2,3)4)8-12-6-7-13(16)14(17)9-12/h6-7,9,11,18H,5,8,10H2,1-4H3. The topological polar surface area (TPSA) is 12.0 Å². The molecular weight excluding hydrogens is 265 g/mol. The molecular formula is C15H23Cl2N. The van der Waals surface area contributed by atoms with Gasteiger partial charge in [-0.15, -0.1) is 0 Å². The molecule has 3 heteroatoms. The van der Waals surface area contributed by atoms with E-state index in [-0.39, 0.29) is 5.54 Å². The van der Waals surface area contributed by atoms with Crippen molar-refractivity contribution in [3.63, 3.8) is 0 Å². The van der Waals surface area contributed by atoms with E-state index in [2.05, 4.69) is 39.1 Å². The smallest absolute Gasteiger partial charge is 0.0595 e. The number of nitrogens with one attached hydrogen (secondary N) is 1. The van der Waals surface area contributed by atoms with Crippen LogP contribution in [-0.4, -0.2) is 12.1 Å². The number of hydrogen-bond donors (Lipinski definition) is 1. The van der Waals surface area contributed by atoms with Crippen LogP contribution in [0, 0.1) is 5.92 Å². The van der Waals surface area contributed by atoms with Gasteiger partial charge in [0.05, 0.1) is 10.0 Å². The van der Waals surface area contributed by atoms with Gasteiger partial charge < -0.3 is 5.32 Å². The summed E-state index contributed by atoms with van der Waals surface area (Å²) in [4.78, 5) is 0. The molecule has 0 aliphatic heterocycles. The van der Waals surface area contributed by atoms with Gasteiger partial charge in [-0.1, -0.05) is 42.6 Å². The van der Waals surface area contributed by atoms with Crippen LogP contribution in [0.3, 0.4) is 0 Å². The summed E-state index contributed by atoms with van der Waals surface area (Å²) in [7, 11) is 0. The fourth-order valence-corrected chi connectivity index (χ4v) is 2.13. The van der Waals surface area contributed by atoms with Crippen molar-refractivity contribution in [3.8, 4) is 0 Å². The fraction of sp³-hybridized carbons (Fsp3) is 0.600. The normalized spacial score (nSPS) is 13.7. The molecule has 1 unspecified atom stereocenters. The summed E-state index contributed by atoms with van der Waals surface area (Å²) in [6, 6.07) is 5.92. The summed E-state index contributed by atoms with van der Waals surface area (Å²) in [5.41, 5.74) is 1.43. The van der Waals surface area contributed by atoms with E-state index < -0.39 is 0 Å². The fourth-order valence-electron chi connectivity index (χ4n) is 1.81. The van der Waals surface area contributed by atoms with E-state index in [0.29, 0.717) is 16.0 Å². The van der Waals surface area contributed by atoms with Crippen LogP contribution in [0.5, 0.6) is 0 Å². The van der Waals surface area contributed by atoms with Crippen LogP contribution >= 0.6 is 23.2 Å². The lowest BCUT2D eigenvalue weighted by Gasteiger charge is -2.25. The van der Waals surface area contributed by atoms with Gasteiger partial charge in [0, 0.05) is 5.54 Å². The van der Waals surface area contributed by atoms with Crippen molar-refractivity contribution < 1.29 is 0 Å². The molecule has 1 aromatic carbocycles. The van der Waals surface area contributed by atoms with Crippen molar-refractivity contribution in [1.29, 1.82) is 0 Å². The Bertz CT molecular complexity index is 383. The maximum absolute atomic E-state index is 6.04. The molecule has 0 aliphatic rings. The molecule has 0 bridgehead atoms. The van der Waals surface area contributed by atoms with Crippen LogP contribution in [0.4, 0.5) is 0 Å². The molecule has 1 nitrogen and oxygen atoms in total. The highest BCUT2D eigenvalue weighted by Crippen LogP contribution is 2.24. The van der Waals surface area contributed by atoms with E-state index in [1.165, 1.54) is 5.56 Å². The molecule has 0 spiro atoms. The van der Waals surface area contributed by atoms with Gasteiger partial charge in [0.15, 0.2) is 0 Å². The van der Waals surface area contributed by atoms with Gasteiger partial charge in [-0.3, -0.25) is 0 Å². The van der Waals surface area contributed by atoms with Gasteiger partial charge in [0.1, 0.15) is 0 Å². The molecule has 0 radical (unpaired) electrons. The van der Waals surface area contributed by atoms with Crippen LogP contribution in [0.15, 0.2) is 18.2 Å². The average molecular weight is 288 g/mol. The zero-order valence-corrected chi connectivity index (χ0v) is 13.2. The first-order chi connectivity index (χ1) is 8.31. The van der Waals surface area contributed by atoms with Crippen molar-refractivity contribution in [2.75, 3.05) is 6.54 Å². The van der Waals surface area contributed by atoms with Gasteiger partial charge in [-0.2, -0.15) is 0 Å². The van der Waals surface area contributed by atoms with Crippen molar-refractivity contribution in [2.45, 2.75) is 46.1 Å². The van der Waals surface area contributed by atoms with Crippen LogP contribution in [-0.2, 0) is 6.42 Å². The molecule has 0 amide bonds. The molecule has 0 saturated heterocycles. The summed E-state index contributed by atoms with van der Waals surface area (Å²) in [5.74, 6) is 0.626. The van der Waals surface area contributed by atoms with Crippen LogP contribution in [0.25, 0.3) is 0 Å². The number of halogens is 2. The van der Waals surface area contributed by atoms with Gasteiger partial charge in [0.2, 0.25) is 0 Å². The molecule has 0 aromatic heterocycles. The average Bonchev–Trinajstić information content (AvgIpc) is 2.28. The Hall–Kier alpha value is -0.240. The molecule has 1 atom stereocenters. The SMILES string of the molecule is CCC(CNC(C)(C)C)Cc1ccc(Cl)c(Cl)c1. The highest BCUT2D eigenvalue weighted by atomic mass is 35.5. The van der Waals surface area contributed by atoms with E-state index >= 15 is 0 Å². The second kappa shape index (κ2) is 6.79. The number of rotatable bonds is 5. The quantitative estimate of drug-likeness (QED) is 0.808. The Balaban J connectivity index is 2.59. The van der Waals surface area contributed by atoms with E-state index in [4.69, 9.17) is 23.2 Å². The predicted molar refractivity (Wildman–Crippen MR) is 81.7 cm³/mol. The molecule has 0 fully saturated rings. The number of benzene rings is 1. The summed E-state index contributed by atoms with van der Waals surface area (Å²) in [6.45, 7) is 9.84.